The van der Waals surface area contributed by atoms with Gasteiger partial charge in [-0.3, -0.25) is 4.79 Å². The van der Waals surface area contributed by atoms with E-state index in [1.807, 2.05) is 18.4 Å². The lowest BCUT2D eigenvalue weighted by molar-refractivity contribution is -0.135. The second-order valence-electron chi connectivity index (χ2n) is 3.46. The molecule has 0 aromatic carbocycles. The minimum atomic E-state index is -2.17. The highest BCUT2D eigenvalue weighted by molar-refractivity contribution is 6.75. The van der Waals surface area contributed by atoms with Crippen LogP contribution in [0, 0.1) is 0 Å². The summed E-state index contributed by atoms with van der Waals surface area (Å²) in [5, 5.41) is 7.85. The fraction of sp³-hybridized carbons (Fsp3) is 0.455. The molecule has 1 rings (SSSR count). The number of carboxylic acids is 1. The molecule has 0 atom stereocenters. The molecule has 4 nitrogen and oxygen atoms in total. The molecular weight excluding hydrogens is 300 g/mol. The average Bonchev–Trinajstić information content (AvgIpc) is 2.28. The van der Waals surface area contributed by atoms with Crippen LogP contribution in [0.2, 0.25) is 0 Å². The molecule has 0 unspecified atom stereocenters. The molecule has 1 aliphatic heterocycles. The number of carbonyl (C=O) groups is 2. The molecule has 1 N–H and O–H groups in total. The van der Waals surface area contributed by atoms with E-state index in [1.165, 1.54) is 0 Å². The lowest BCUT2D eigenvalue weighted by atomic mass is 10.1. The Balaban J connectivity index is 0.000000360. The SMILES string of the molecule is CCN1C=CC=C(C(C)=O)C1.O=C(O)C(Cl)(Cl)Cl. The molecule has 1 aliphatic rings. The zero-order valence-electron chi connectivity index (χ0n) is 9.99. The Morgan fingerprint density at radius 2 is 1.94 bits per heavy atom. The second-order valence-corrected chi connectivity index (χ2v) is 5.74. The van der Waals surface area contributed by atoms with E-state index in [2.05, 4.69) is 11.8 Å². The molecule has 0 saturated heterocycles. The summed E-state index contributed by atoms with van der Waals surface area (Å²) in [6.45, 7) is 5.41. The van der Waals surface area contributed by atoms with E-state index in [4.69, 9.17) is 39.9 Å². The van der Waals surface area contributed by atoms with Crippen LogP contribution in [0.15, 0.2) is 23.9 Å². The summed E-state index contributed by atoms with van der Waals surface area (Å²) in [7, 11) is 0. The number of nitrogens with zero attached hydrogens (tertiary/aromatic N) is 1. The van der Waals surface area contributed by atoms with Crippen molar-refractivity contribution in [1.29, 1.82) is 0 Å². The number of alkyl halides is 3. The molecule has 0 aromatic rings. The van der Waals surface area contributed by atoms with Crippen LogP contribution >= 0.6 is 34.8 Å². The molecular formula is C11H14Cl3NO3. The topological polar surface area (TPSA) is 57.6 Å². The van der Waals surface area contributed by atoms with Gasteiger partial charge in [0.25, 0.3) is 3.79 Å². The van der Waals surface area contributed by atoms with Crippen molar-refractivity contribution in [3.05, 3.63) is 23.9 Å². The van der Waals surface area contributed by atoms with E-state index in [0.29, 0.717) is 0 Å². The Hall–Kier alpha value is -0.710. The highest BCUT2D eigenvalue weighted by Crippen LogP contribution is 2.25. The summed E-state index contributed by atoms with van der Waals surface area (Å²) < 4.78 is -2.17. The van der Waals surface area contributed by atoms with E-state index in [-0.39, 0.29) is 5.78 Å². The van der Waals surface area contributed by atoms with E-state index >= 15 is 0 Å². The maximum atomic E-state index is 10.9. The van der Waals surface area contributed by atoms with Gasteiger partial charge in [-0.15, -0.1) is 0 Å². The average molecular weight is 315 g/mol. The zero-order valence-corrected chi connectivity index (χ0v) is 12.3. The zero-order chi connectivity index (χ0) is 14.3. The summed E-state index contributed by atoms with van der Waals surface area (Å²) in [5.74, 6) is -1.29. The number of rotatable bonds is 2. The normalized spacial score (nSPS) is 14.5. The first-order valence-corrected chi connectivity index (χ1v) is 6.24. The number of hydrogen-bond acceptors (Lipinski definition) is 3. The van der Waals surface area contributed by atoms with Crippen LogP contribution in [0.3, 0.4) is 0 Å². The lowest BCUT2D eigenvalue weighted by Crippen LogP contribution is -2.23. The fourth-order valence-electron chi connectivity index (χ4n) is 1.05. The van der Waals surface area contributed by atoms with Gasteiger partial charge < -0.3 is 10.0 Å². The summed E-state index contributed by atoms with van der Waals surface area (Å²) >= 11 is 14.4. The summed E-state index contributed by atoms with van der Waals surface area (Å²) in [4.78, 5) is 22.7. The minimum absolute atomic E-state index is 0.174. The van der Waals surface area contributed by atoms with Gasteiger partial charge in [0, 0.05) is 18.7 Å². The molecule has 0 aromatic heterocycles. The number of Topliss-reactive ketones (excluding diaryl/α,β-unsaturated/α-hetero) is 1. The fourth-order valence-corrected chi connectivity index (χ4v) is 1.05. The largest absolute Gasteiger partial charge is 0.478 e. The van der Waals surface area contributed by atoms with Crippen molar-refractivity contribution in [3.63, 3.8) is 0 Å². The van der Waals surface area contributed by atoms with Crippen LogP contribution < -0.4 is 0 Å². The Labute approximate surface area is 121 Å². The third-order valence-electron chi connectivity index (χ3n) is 2.07. The third kappa shape index (κ3) is 6.89. The van der Waals surface area contributed by atoms with E-state index in [9.17, 15) is 9.59 Å². The summed E-state index contributed by atoms with van der Waals surface area (Å²) in [6, 6.07) is 0. The number of aliphatic carboxylic acids is 1. The maximum absolute atomic E-state index is 10.9. The summed E-state index contributed by atoms with van der Waals surface area (Å²) in [6.07, 6.45) is 5.81. The quantitative estimate of drug-likeness (QED) is 0.796. The van der Waals surface area contributed by atoms with Gasteiger partial charge in [-0.1, -0.05) is 40.9 Å². The van der Waals surface area contributed by atoms with Crippen LogP contribution in [0.25, 0.3) is 0 Å². The van der Waals surface area contributed by atoms with Crippen LogP contribution in [0.1, 0.15) is 13.8 Å². The molecule has 0 amide bonds. The Morgan fingerprint density at radius 3 is 2.28 bits per heavy atom. The predicted octanol–water partition coefficient (Wildman–Crippen LogP) is 2.79. The molecule has 7 heteroatoms. The standard InChI is InChI=1S/C9H13NO.C2HCl3O2/c1-3-10-6-4-5-9(7-10)8(2)11;3-2(4,5)1(6)7/h4-6H,3,7H2,1-2H3;(H,6,7). The molecule has 0 spiro atoms. The smallest absolute Gasteiger partial charge is 0.356 e. The van der Waals surface area contributed by atoms with Gasteiger partial charge in [-0.2, -0.15) is 0 Å². The van der Waals surface area contributed by atoms with Crippen LogP contribution in [0.4, 0.5) is 0 Å². The van der Waals surface area contributed by atoms with Crippen molar-refractivity contribution in [2.45, 2.75) is 17.6 Å². The Bertz CT molecular complexity index is 372. The van der Waals surface area contributed by atoms with Gasteiger partial charge in [-0.05, 0) is 26.1 Å². The van der Waals surface area contributed by atoms with Crippen molar-refractivity contribution in [1.82, 2.24) is 4.90 Å². The molecule has 0 bridgehead atoms. The van der Waals surface area contributed by atoms with E-state index < -0.39 is 9.76 Å². The van der Waals surface area contributed by atoms with Crippen molar-refractivity contribution < 1.29 is 14.7 Å². The van der Waals surface area contributed by atoms with Crippen molar-refractivity contribution in [3.8, 4) is 0 Å². The Kier molecular flexibility index (Phi) is 7.36. The summed E-state index contributed by atoms with van der Waals surface area (Å²) in [5.41, 5.74) is 0.898. The number of ketones is 1. The first-order chi connectivity index (χ1) is 8.18. The van der Waals surface area contributed by atoms with Crippen molar-refractivity contribution >= 4 is 46.6 Å². The molecule has 0 saturated carbocycles. The van der Waals surface area contributed by atoms with Crippen LogP contribution in [-0.4, -0.2) is 38.6 Å². The first-order valence-electron chi connectivity index (χ1n) is 5.11. The van der Waals surface area contributed by atoms with Gasteiger partial charge in [0.1, 0.15) is 0 Å². The molecule has 0 fully saturated rings. The highest BCUT2D eigenvalue weighted by Gasteiger charge is 2.29. The van der Waals surface area contributed by atoms with Gasteiger partial charge in [0.2, 0.25) is 0 Å². The number of carboxylic acid groups (broad SMARTS) is 1. The maximum Gasteiger partial charge on any atom is 0.356 e. The number of halogens is 3. The van der Waals surface area contributed by atoms with Gasteiger partial charge in [-0.25, -0.2) is 4.79 Å². The minimum Gasteiger partial charge on any atom is -0.478 e. The van der Waals surface area contributed by atoms with E-state index in [0.717, 1.165) is 18.7 Å². The highest BCUT2D eigenvalue weighted by atomic mass is 35.6. The van der Waals surface area contributed by atoms with E-state index in [1.54, 1.807) is 6.92 Å². The van der Waals surface area contributed by atoms with Gasteiger partial charge in [0.15, 0.2) is 5.78 Å². The number of likely N-dealkylation sites (N-methyl/N-ethyl adjacent to an activating group) is 1. The van der Waals surface area contributed by atoms with Crippen LogP contribution in [-0.2, 0) is 9.59 Å². The van der Waals surface area contributed by atoms with Gasteiger partial charge in [0.05, 0.1) is 0 Å². The molecule has 102 valence electrons. The molecule has 18 heavy (non-hydrogen) atoms. The predicted molar refractivity (Wildman–Crippen MR) is 73.1 cm³/mol. The Morgan fingerprint density at radius 1 is 1.44 bits per heavy atom. The first kappa shape index (κ1) is 17.3. The van der Waals surface area contributed by atoms with Gasteiger partial charge >= 0.3 is 5.97 Å². The van der Waals surface area contributed by atoms with Crippen molar-refractivity contribution in [2.75, 3.05) is 13.1 Å². The molecule has 1 heterocycles. The van der Waals surface area contributed by atoms with Crippen LogP contribution in [0.5, 0.6) is 0 Å². The second kappa shape index (κ2) is 7.67. The third-order valence-corrected chi connectivity index (χ3v) is 2.55. The lowest BCUT2D eigenvalue weighted by Gasteiger charge is -2.21. The number of hydrogen-bond donors (Lipinski definition) is 1. The number of allylic oxidation sites excluding steroid dienone is 2. The van der Waals surface area contributed by atoms with Crippen molar-refractivity contribution in [2.24, 2.45) is 0 Å². The monoisotopic (exact) mass is 313 g/mol. The number of carbonyl (C=O) groups excluding carboxylic acids is 1. The molecule has 0 aliphatic carbocycles. The molecule has 0 radical (unpaired) electrons.